The largest absolute Gasteiger partial charge is 0.0625 e. The van der Waals surface area contributed by atoms with Gasteiger partial charge in [-0.25, -0.2) is 0 Å². The zero-order valence-corrected chi connectivity index (χ0v) is 17.1. The Morgan fingerprint density at radius 3 is 1.52 bits per heavy atom. The van der Waals surface area contributed by atoms with E-state index in [1.165, 1.54) is 89.9 Å². The molecule has 0 aromatic heterocycles. The van der Waals surface area contributed by atoms with Crippen LogP contribution in [0.1, 0.15) is 125 Å². The molecule has 0 heterocycles. The number of hydrogen-bond acceptors (Lipinski definition) is 0. The van der Waals surface area contributed by atoms with Crippen molar-refractivity contribution in [1.29, 1.82) is 0 Å². The van der Waals surface area contributed by atoms with E-state index in [4.69, 9.17) is 0 Å². The lowest BCUT2D eigenvalue weighted by Crippen LogP contribution is -2.30. The lowest BCUT2D eigenvalue weighted by molar-refractivity contribution is 0.114. The van der Waals surface area contributed by atoms with Crippen LogP contribution in [0, 0.1) is 23.2 Å². The molecule has 2 unspecified atom stereocenters. The summed E-state index contributed by atoms with van der Waals surface area (Å²) in [6.45, 7) is 12.4. The van der Waals surface area contributed by atoms with Crippen LogP contribution in [0.3, 0.4) is 0 Å². The third kappa shape index (κ3) is 8.59. The molecule has 0 aromatic carbocycles. The van der Waals surface area contributed by atoms with Gasteiger partial charge < -0.3 is 0 Å². The van der Waals surface area contributed by atoms with Gasteiger partial charge in [0.1, 0.15) is 0 Å². The van der Waals surface area contributed by atoms with Crippen LogP contribution in [0.2, 0.25) is 0 Å². The van der Waals surface area contributed by atoms with Crippen molar-refractivity contribution in [2.75, 3.05) is 0 Å². The minimum Gasteiger partial charge on any atom is -0.0625 e. The Labute approximate surface area is 148 Å². The van der Waals surface area contributed by atoms with Crippen LogP contribution in [0.15, 0.2) is 0 Å². The van der Waals surface area contributed by atoms with Gasteiger partial charge in [0, 0.05) is 0 Å². The van der Waals surface area contributed by atoms with Gasteiger partial charge in [0.15, 0.2) is 0 Å². The minimum absolute atomic E-state index is 0.509. The van der Waals surface area contributed by atoms with Crippen molar-refractivity contribution in [2.45, 2.75) is 125 Å². The maximum atomic E-state index is 2.53. The predicted octanol–water partition coefficient (Wildman–Crippen LogP) is 8.40. The van der Waals surface area contributed by atoms with Crippen molar-refractivity contribution >= 4 is 0 Å². The molecule has 0 amide bonds. The Hall–Kier alpha value is 0. The first-order chi connectivity index (χ1) is 10.9. The molecule has 2 atom stereocenters. The first-order valence-electron chi connectivity index (χ1n) is 10.9. The first kappa shape index (κ1) is 21.0. The molecule has 0 saturated heterocycles. The zero-order valence-electron chi connectivity index (χ0n) is 17.1. The Morgan fingerprint density at radius 2 is 1.00 bits per heavy atom. The zero-order chi connectivity index (χ0) is 17.1. The minimum atomic E-state index is 0.509. The highest BCUT2D eigenvalue weighted by Gasteiger charge is 2.31. The van der Waals surface area contributed by atoms with Gasteiger partial charge in [-0.3, -0.25) is 0 Å². The van der Waals surface area contributed by atoms with E-state index >= 15 is 0 Å². The summed E-state index contributed by atoms with van der Waals surface area (Å²) in [4.78, 5) is 0. The van der Waals surface area contributed by atoms with Crippen LogP contribution in [0.4, 0.5) is 0 Å². The molecule has 1 aliphatic carbocycles. The standard InChI is InChI=1S/C23H46/c1-20(2)23(4,5)22-18-14-12-10-8-6-7-9-11-13-16-21(3)17-15-19-22/h20-22H,6-19H2,1-5H3. The van der Waals surface area contributed by atoms with E-state index < -0.39 is 0 Å². The van der Waals surface area contributed by atoms with E-state index in [0.717, 1.165) is 17.8 Å². The topological polar surface area (TPSA) is 0 Å². The van der Waals surface area contributed by atoms with Crippen molar-refractivity contribution in [3.63, 3.8) is 0 Å². The summed E-state index contributed by atoms with van der Waals surface area (Å²) in [5, 5.41) is 0. The summed E-state index contributed by atoms with van der Waals surface area (Å²) >= 11 is 0. The van der Waals surface area contributed by atoms with E-state index in [1.54, 1.807) is 0 Å². The molecule has 1 saturated carbocycles. The molecule has 138 valence electrons. The van der Waals surface area contributed by atoms with Gasteiger partial charge in [-0.2, -0.15) is 0 Å². The van der Waals surface area contributed by atoms with Crippen molar-refractivity contribution < 1.29 is 0 Å². The molecule has 0 radical (unpaired) electrons. The second kappa shape index (κ2) is 11.5. The Morgan fingerprint density at radius 1 is 0.609 bits per heavy atom. The summed E-state index contributed by atoms with van der Waals surface area (Å²) in [7, 11) is 0. The van der Waals surface area contributed by atoms with Crippen LogP contribution in [0.25, 0.3) is 0 Å². The van der Waals surface area contributed by atoms with Crippen molar-refractivity contribution in [1.82, 2.24) is 0 Å². The second-order valence-electron chi connectivity index (χ2n) is 9.47. The van der Waals surface area contributed by atoms with E-state index in [0.29, 0.717) is 5.41 Å². The molecular formula is C23H46. The first-order valence-corrected chi connectivity index (χ1v) is 10.9. The third-order valence-electron chi connectivity index (χ3n) is 7.04. The fourth-order valence-corrected chi connectivity index (χ4v) is 4.34. The average molecular weight is 323 g/mol. The lowest BCUT2D eigenvalue weighted by atomic mass is 9.67. The molecule has 0 bridgehead atoms. The van der Waals surface area contributed by atoms with Crippen LogP contribution >= 0.6 is 0 Å². The highest BCUT2D eigenvalue weighted by Crippen LogP contribution is 2.41. The fourth-order valence-electron chi connectivity index (χ4n) is 4.34. The van der Waals surface area contributed by atoms with Crippen LogP contribution in [-0.4, -0.2) is 0 Å². The Bertz CT molecular complexity index is 276. The molecule has 1 rings (SSSR count). The number of hydrogen-bond donors (Lipinski definition) is 0. The number of rotatable bonds is 2. The molecule has 23 heavy (non-hydrogen) atoms. The maximum absolute atomic E-state index is 2.53. The second-order valence-corrected chi connectivity index (χ2v) is 9.47. The van der Waals surface area contributed by atoms with Gasteiger partial charge in [-0.1, -0.05) is 112 Å². The SMILES string of the molecule is CC1CCCCCCCCCCCC(C(C)(C)C(C)C)CCC1. The van der Waals surface area contributed by atoms with E-state index in [1.807, 2.05) is 0 Å². The van der Waals surface area contributed by atoms with Gasteiger partial charge in [0.05, 0.1) is 0 Å². The molecule has 0 aromatic rings. The Kier molecular flexibility index (Phi) is 10.6. The van der Waals surface area contributed by atoms with Crippen molar-refractivity contribution in [3.05, 3.63) is 0 Å². The monoisotopic (exact) mass is 322 g/mol. The molecule has 0 heteroatoms. The summed E-state index contributed by atoms with van der Waals surface area (Å²) in [6, 6.07) is 0. The molecule has 0 aliphatic heterocycles. The van der Waals surface area contributed by atoms with E-state index in [2.05, 4.69) is 34.6 Å². The molecule has 0 nitrogen and oxygen atoms in total. The smallest absolute Gasteiger partial charge is 0.0303 e. The molecule has 1 aliphatic rings. The average Bonchev–Trinajstić information content (AvgIpc) is 2.49. The molecule has 0 spiro atoms. The molecular weight excluding hydrogens is 276 g/mol. The predicted molar refractivity (Wildman–Crippen MR) is 106 cm³/mol. The summed E-state index contributed by atoms with van der Waals surface area (Å²) in [6.07, 6.45) is 20.6. The van der Waals surface area contributed by atoms with Crippen LogP contribution in [-0.2, 0) is 0 Å². The van der Waals surface area contributed by atoms with Crippen LogP contribution in [0.5, 0.6) is 0 Å². The van der Waals surface area contributed by atoms with E-state index in [-0.39, 0.29) is 0 Å². The van der Waals surface area contributed by atoms with Crippen LogP contribution < -0.4 is 0 Å². The summed E-state index contributed by atoms with van der Waals surface area (Å²) < 4.78 is 0. The van der Waals surface area contributed by atoms with E-state index in [9.17, 15) is 0 Å². The van der Waals surface area contributed by atoms with Gasteiger partial charge in [-0.15, -0.1) is 0 Å². The van der Waals surface area contributed by atoms with Gasteiger partial charge in [0.2, 0.25) is 0 Å². The molecule has 1 fully saturated rings. The quantitative estimate of drug-likeness (QED) is 0.478. The van der Waals surface area contributed by atoms with Gasteiger partial charge in [0.25, 0.3) is 0 Å². The lowest BCUT2D eigenvalue weighted by Gasteiger charge is -2.39. The van der Waals surface area contributed by atoms with Gasteiger partial charge >= 0.3 is 0 Å². The van der Waals surface area contributed by atoms with Crippen molar-refractivity contribution in [2.24, 2.45) is 23.2 Å². The normalized spacial score (nSPS) is 27.9. The third-order valence-corrected chi connectivity index (χ3v) is 7.04. The highest BCUT2D eigenvalue weighted by atomic mass is 14.4. The Balaban J connectivity index is 2.53. The highest BCUT2D eigenvalue weighted by molar-refractivity contribution is 4.81. The molecule has 0 N–H and O–H groups in total. The summed E-state index contributed by atoms with van der Waals surface area (Å²) in [5.41, 5.74) is 0.509. The fraction of sp³-hybridized carbons (Fsp3) is 1.00. The van der Waals surface area contributed by atoms with Gasteiger partial charge in [-0.05, 0) is 36.0 Å². The maximum Gasteiger partial charge on any atom is -0.0303 e. The summed E-state index contributed by atoms with van der Waals surface area (Å²) in [5.74, 6) is 2.68. The van der Waals surface area contributed by atoms with Crippen molar-refractivity contribution in [3.8, 4) is 0 Å².